The van der Waals surface area contributed by atoms with Crippen molar-refractivity contribution in [1.29, 1.82) is 0 Å². The van der Waals surface area contributed by atoms with Crippen molar-refractivity contribution in [1.82, 2.24) is 10.2 Å². The Hall–Kier alpha value is -2.54. The third-order valence-corrected chi connectivity index (χ3v) is 6.23. The number of ether oxygens (including phenoxy) is 1. The van der Waals surface area contributed by atoms with Crippen molar-refractivity contribution in [3.05, 3.63) is 51.4 Å². The number of carbonyl (C=O) groups is 2. The van der Waals surface area contributed by atoms with Crippen molar-refractivity contribution in [2.75, 3.05) is 18.5 Å². The van der Waals surface area contributed by atoms with E-state index < -0.39 is 0 Å². The predicted octanol–water partition coefficient (Wildman–Crippen LogP) is 3.68. The summed E-state index contributed by atoms with van der Waals surface area (Å²) in [5, 5.41) is 7.42. The van der Waals surface area contributed by atoms with Gasteiger partial charge in [-0.05, 0) is 36.5 Å². The molecule has 0 fully saturated rings. The summed E-state index contributed by atoms with van der Waals surface area (Å²) in [7, 11) is 0. The lowest BCUT2D eigenvalue weighted by Crippen LogP contribution is -2.39. The molecule has 0 spiro atoms. The Kier molecular flexibility index (Phi) is 4.78. The van der Waals surface area contributed by atoms with Crippen molar-refractivity contribution in [3.8, 4) is 0 Å². The average Bonchev–Trinajstić information content (AvgIpc) is 3.06. The molecule has 7 heteroatoms. The van der Waals surface area contributed by atoms with E-state index in [4.69, 9.17) is 4.74 Å². The van der Waals surface area contributed by atoms with Crippen LogP contribution < -0.4 is 10.6 Å². The number of rotatable bonds is 3. The van der Waals surface area contributed by atoms with Crippen LogP contribution in [0.5, 0.6) is 0 Å². The summed E-state index contributed by atoms with van der Waals surface area (Å²) in [4.78, 5) is 27.6. The van der Waals surface area contributed by atoms with Gasteiger partial charge in [0, 0.05) is 11.4 Å². The molecule has 1 aromatic carbocycles. The first-order chi connectivity index (χ1) is 13.1. The van der Waals surface area contributed by atoms with Crippen LogP contribution in [0.15, 0.2) is 24.3 Å². The first-order valence-electron chi connectivity index (χ1n) is 9.33. The molecule has 2 aromatic rings. The maximum atomic E-state index is 12.8. The van der Waals surface area contributed by atoms with Gasteiger partial charge in [-0.2, -0.15) is 0 Å². The van der Waals surface area contributed by atoms with Crippen LogP contribution in [0.3, 0.4) is 0 Å². The van der Waals surface area contributed by atoms with Gasteiger partial charge in [-0.1, -0.05) is 31.2 Å². The summed E-state index contributed by atoms with van der Waals surface area (Å²) in [6.07, 6.45) is 1.13. The monoisotopic (exact) mass is 385 g/mol. The van der Waals surface area contributed by atoms with Gasteiger partial charge in [0.2, 0.25) is 0 Å². The lowest BCUT2D eigenvalue weighted by atomic mass is 10.00. The van der Waals surface area contributed by atoms with Crippen molar-refractivity contribution < 1.29 is 14.3 Å². The minimum absolute atomic E-state index is 0.0459. The second-order valence-corrected chi connectivity index (χ2v) is 7.83. The molecule has 1 atom stereocenters. The number of nitrogens with zero attached hydrogens (tertiary/aromatic N) is 1. The van der Waals surface area contributed by atoms with Gasteiger partial charge < -0.3 is 20.3 Å². The van der Waals surface area contributed by atoms with Crippen LogP contribution in [0, 0.1) is 0 Å². The lowest BCUT2D eigenvalue weighted by Gasteiger charge is -2.28. The molecule has 2 aliphatic rings. The Labute approximate surface area is 162 Å². The molecule has 0 unspecified atom stereocenters. The molecule has 0 saturated carbocycles. The number of aryl methyl sites for hydroxylation is 1. The van der Waals surface area contributed by atoms with E-state index in [9.17, 15) is 9.59 Å². The van der Waals surface area contributed by atoms with Gasteiger partial charge in [-0.25, -0.2) is 4.79 Å². The van der Waals surface area contributed by atoms with Crippen LogP contribution in [-0.2, 0) is 24.1 Å². The molecule has 27 heavy (non-hydrogen) atoms. The van der Waals surface area contributed by atoms with E-state index in [0.717, 1.165) is 33.0 Å². The second kappa shape index (κ2) is 7.23. The number of carbonyl (C=O) groups excluding carboxylic acids is 2. The largest absolute Gasteiger partial charge is 0.450 e. The Balaban J connectivity index is 1.57. The fourth-order valence-electron chi connectivity index (χ4n) is 3.60. The van der Waals surface area contributed by atoms with Crippen LogP contribution in [0.4, 0.5) is 9.80 Å². The molecule has 1 aromatic heterocycles. The van der Waals surface area contributed by atoms with Crippen LogP contribution in [0.2, 0.25) is 0 Å². The Bertz CT molecular complexity index is 875. The van der Waals surface area contributed by atoms with Gasteiger partial charge in [0.1, 0.15) is 11.2 Å². The molecule has 142 valence electrons. The molecule has 0 saturated heterocycles. The quantitative estimate of drug-likeness (QED) is 0.846. The highest BCUT2D eigenvalue weighted by Crippen LogP contribution is 2.40. The van der Waals surface area contributed by atoms with Crippen LogP contribution >= 0.6 is 11.3 Å². The van der Waals surface area contributed by atoms with Crippen LogP contribution in [0.25, 0.3) is 0 Å². The summed E-state index contributed by atoms with van der Waals surface area (Å²) < 4.78 is 5.11. The maximum absolute atomic E-state index is 12.8. The van der Waals surface area contributed by atoms with Crippen molar-refractivity contribution in [2.45, 2.75) is 39.4 Å². The third-order valence-electron chi connectivity index (χ3n) is 5.08. The fraction of sp³-hybridized carbons (Fsp3) is 0.400. The zero-order valence-corrected chi connectivity index (χ0v) is 16.3. The summed E-state index contributed by atoms with van der Waals surface area (Å²) >= 11 is 1.57. The number of fused-ring (bicyclic) bond motifs is 3. The fourth-order valence-corrected chi connectivity index (χ4v) is 4.89. The first-order valence-corrected chi connectivity index (χ1v) is 10.1. The van der Waals surface area contributed by atoms with Gasteiger partial charge in [0.25, 0.3) is 5.91 Å². The molecule has 2 aliphatic heterocycles. The molecule has 0 bridgehead atoms. The molecular formula is C20H23N3O3S. The van der Waals surface area contributed by atoms with E-state index >= 15 is 0 Å². The van der Waals surface area contributed by atoms with Crippen LogP contribution in [-0.4, -0.2) is 30.1 Å². The number of anilines is 1. The Morgan fingerprint density at radius 3 is 2.74 bits per heavy atom. The number of benzene rings is 1. The van der Waals surface area contributed by atoms with Gasteiger partial charge in [-0.3, -0.25) is 4.79 Å². The first kappa shape index (κ1) is 17.9. The minimum Gasteiger partial charge on any atom is -0.450 e. The lowest BCUT2D eigenvalue weighted by molar-refractivity contribution is 0.0934. The normalized spacial score (nSPS) is 18.2. The molecule has 3 heterocycles. The minimum atomic E-state index is -0.291. The molecule has 6 nitrogen and oxygen atoms in total. The van der Waals surface area contributed by atoms with E-state index in [1.807, 2.05) is 0 Å². The van der Waals surface area contributed by atoms with E-state index in [1.54, 1.807) is 23.2 Å². The SMILES string of the molecule is CCOC(=O)N1CCc2c(sc3c2C(=O)N[C@@H](c2ccc(CC)cc2)N3)C1. The van der Waals surface area contributed by atoms with Crippen LogP contribution in [0.1, 0.15) is 51.9 Å². The number of thiophene rings is 1. The summed E-state index contributed by atoms with van der Waals surface area (Å²) in [5.74, 6) is -0.0459. The predicted molar refractivity (Wildman–Crippen MR) is 105 cm³/mol. The zero-order valence-electron chi connectivity index (χ0n) is 15.5. The summed E-state index contributed by atoms with van der Waals surface area (Å²) in [6.45, 7) is 5.36. The van der Waals surface area contributed by atoms with E-state index in [0.29, 0.717) is 26.1 Å². The van der Waals surface area contributed by atoms with Gasteiger partial charge in [0.05, 0.1) is 18.7 Å². The van der Waals surface area contributed by atoms with Gasteiger partial charge >= 0.3 is 6.09 Å². The molecule has 2 N–H and O–H groups in total. The van der Waals surface area contributed by atoms with Crippen molar-refractivity contribution >= 4 is 28.3 Å². The van der Waals surface area contributed by atoms with Crippen molar-refractivity contribution in [2.24, 2.45) is 0 Å². The maximum Gasteiger partial charge on any atom is 0.410 e. The third kappa shape index (κ3) is 3.27. The number of amides is 2. The topological polar surface area (TPSA) is 70.7 Å². The number of nitrogens with one attached hydrogen (secondary N) is 2. The van der Waals surface area contributed by atoms with E-state index in [2.05, 4.69) is 41.8 Å². The summed E-state index contributed by atoms with van der Waals surface area (Å²) in [5.41, 5.74) is 4.10. The molecular weight excluding hydrogens is 362 g/mol. The number of hydrogen-bond donors (Lipinski definition) is 2. The molecule has 2 amide bonds. The second-order valence-electron chi connectivity index (χ2n) is 6.72. The highest BCUT2D eigenvalue weighted by atomic mass is 32.1. The molecule has 0 aliphatic carbocycles. The molecule has 4 rings (SSSR count). The standard InChI is InChI=1S/C20H23N3O3S/c1-3-12-5-7-13(8-6-12)17-21-18(24)16-14-9-10-23(20(25)26-4-2)11-15(14)27-19(16)22-17/h5-8,17,22H,3-4,9-11H2,1-2H3,(H,21,24)/t17-/m1/s1. The Morgan fingerprint density at radius 2 is 2.04 bits per heavy atom. The highest BCUT2D eigenvalue weighted by Gasteiger charge is 2.34. The average molecular weight is 385 g/mol. The van der Waals surface area contributed by atoms with E-state index in [1.165, 1.54) is 5.56 Å². The highest BCUT2D eigenvalue weighted by molar-refractivity contribution is 7.16. The smallest absolute Gasteiger partial charge is 0.410 e. The van der Waals surface area contributed by atoms with E-state index in [-0.39, 0.29) is 18.2 Å². The summed E-state index contributed by atoms with van der Waals surface area (Å²) in [6, 6.07) is 8.29. The number of hydrogen-bond acceptors (Lipinski definition) is 5. The Morgan fingerprint density at radius 1 is 1.26 bits per heavy atom. The van der Waals surface area contributed by atoms with Gasteiger partial charge in [0.15, 0.2) is 0 Å². The van der Waals surface area contributed by atoms with Gasteiger partial charge in [-0.15, -0.1) is 11.3 Å². The van der Waals surface area contributed by atoms with Crippen molar-refractivity contribution in [3.63, 3.8) is 0 Å². The molecule has 0 radical (unpaired) electrons. The zero-order chi connectivity index (χ0) is 19.0.